The van der Waals surface area contributed by atoms with Gasteiger partial charge in [0.1, 0.15) is 0 Å². The van der Waals surface area contributed by atoms with Crippen LogP contribution in [0.15, 0.2) is 24.3 Å². The number of halogens is 1. The lowest BCUT2D eigenvalue weighted by molar-refractivity contribution is 0.826. The van der Waals surface area contributed by atoms with Gasteiger partial charge in [-0.3, -0.25) is 0 Å². The molecular formula is C14H14ClN3S. The van der Waals surface area contributed by atoms with Crippen LogP contribution < -0.4 is 0 Å². The van der Waals surface area contributed by atoms with Crippen LogP contribution in [0.2, 0.25) is 0 Å². The molecule has 1 atom stereocenters. The molecule has 0 aliphatic heterocycles. The van der Waals surface area contributed by atoms with Crippen LogP contribution in [0.4, 0.5) is 0 Å². The van der Waals surface area contributed by atoms with Gasteiger partial charge >= 0.3 is 0 Å². The van der Waals surface area contributed by atoms with Crippen molar-refractivity contribution in [3.8, 4) is 5.13 Å². The molecule has 3 nitrogen and oxygen atoms in total. The zero-order valence-corrected chi connectivity index (χ0v) is 12.6. The van der Waals surface area contributed by atoms with Crippen molar-refractivity contribution in [2.75, 3.05) is 0 Å². The van der Waals surface area contributed by atoms with Gasteiger partial charge in [0.05, 0.1) is 21.3 Å². The fourth-order valence-corrected chi connectivity index (χ4v) is 3.65. The highest BCUT2D eigenvalue weighted by Crippen LogP contribution is 2.30. The second-order valence-electron chi connectivity index (χ2n) is 4.58. The Bertz CT molecular complexity index is 709. The predicted molar refractivity (Wildman–Crippen MR) is 80.5 cm³/mol. The van der Waals surface area contributed by atoms with E-state index in [1.807, 2.05) is 43.7 Å². The number of hydrogen-bond acceptors (Lipinski definition) is 3. The number of para-hydroxylation sites is 1. The summed E-state index contributed by atoms with van der Waals surface area (Å²) in [5.74, 6) is 0. The highest BCUT2D eigenvalue weighted by molar-refractivity contribution is 7.20. The van der Waals surface area contributed by atoms with Gasteiger partial charge in [-0.05, 0) is 32.9 Å². The van der Waals surface area contributed by atoms with Crippen LogP contribution in [-0.2, 0) is 0 Å². The molecule has 0 amide bonds. The SMILES string of the molecule is Cc1nn(-c2nc3ccccc3s2)c(C)c1C(C)Cl. The van der Waals surface area contributed by atoms with E-state index in [0.29, 0.717) is 0 Å². The number of thiazole rings is 1. The summed E-state index contributed by atoms with van der Waals surface area (Å²) < 4.78 is 3.07. The van der Waals surface area contributed by atoms with Crippen molar-refractivity contribution >= 4 is 33.2 Å². The summed E-state index contributed by atoms with van der Waals surface area (Å²) in [6, 6.07) is 8.12. The maximum absolute atomic E-state index is 6.22. The van der Waals surface area contributed by atoms with Crippen molar-refractivity contribution in [1.82, 2.24) is 14.8 Å². The molecule has 0 N–H and O–H groups in total. The summed E-state index contributed by atoms with van der Waals surface area (Å²) in [6.45, 7) is 6.01. The van der Waals surface area contributed by atoms with E-state index in [1.165, 1.54) is 4.70 Å². The second kappa shape index (κ2) is 4.62. The zero-order chi connectivity index (χ0) is 13.6. The first kappa shape index (κ1) is 12.6. The molecule has 19 heavy (non-hydrogen) atoms. The lowest BCUT2D eigenvalue weighted by atomic mass is 10.1. The van der Waals surface area contributed by atoms with Crippen molar-refractivity contribution in [1.29, 1.82) is 0 Å². The molecule has 0 saturated heterocycles. The normalized spacial score (nSPS) is 13.1. The Labute approximate surface area is 120 Å². The first-order valence-electron chi connectivity index (χ1n) is 6.14. The predicted octanol–water partition coefficient (Wildman–Crippen LogP) is 4.40. The molecule has 2 heterocycles. The van der Waals surface area contributed by atoms with Crippen LogP contribution in [0.3, 0.4) is 0 Å². The van der Waals surface area contributed by atoms with Gasteiger partial charge in [0, 0.05) is 11.3 Å². The summed E-state index contributed by atoms with van der Waals surface area (Å²) in [7, 11) is 0. The monoisotopic (exact) mass is 291 g/mol. The van der Waals surface area contributed by atoms with Crippen molar-refractivity contribution in [3.63, 3.8) is 0 Å². The van der Waals surface area contributed by atoms with Crippen LogP contribution >= 0.6 is 22.9 Å². The fourth-order valence-electron chi connectivity index (χ4n) is 2.37. The molecule has 2 aromatic heterocycles. The van der Waals surface area contributed by atoms with Crippen LogP contribution in [0, 0.1) is 13.8 Å². The Balaban J connectivity index is 2.19. The Kier molecular flexibility index (Phi) is 3.07. The summed E-state index contributed by atoms with van der Waals surface area (Å²) in [5.41, 5.74) is 4.15. The van der Waals surface area contributed by atoms with E-state index in [2.05, 4.69) is 16.1 Å². The molecule has 1 unspecified atom stereocenters. The largest absolute Gasteiger partial charge is 0.218 e. The van der Waals surface area contributed by atoms with Gasteiger partial charge < -0.3 is 0 Å². The maximum atomic E-state index is 6.22. The molecule has 0 radical (unpaired) electrons. The molecule has 1 aromatic carbocycles. The number of fused-ring (bicyclic) bond motifs is 1. The molecule has 0 aliphatic carbocycles. The Morgan fingerprint density at radius 1 is 1.26 bits per heavy atom. The third kappa shape index (κ3) is 2.05. The Morgan fingerprint density at radius 2 is 2.00 bits per heavy atom. The number of nitrogens with zero attached hydrogens (tertiary/aromatic N) is 3. The van der Waals surface area contributed by atoms with Gasteiger partial charge in [-0.25, -0.2) is 9.67 Å². The standard InChI is InChI=1S/C14H14ClN3S/c1-8(15)13-9(2)17-18(10(13)3)14-16-11-6-4-5-7-12(11)19-14/h4-8H,1-3H3. The Hall–Kier alpha value is -1.39. The van der Waals surface area contributed by atoms with Gasteiger partial charge in [0.2, 0.25) is 5.13 Å². The third-order valence-electron chi connectivity index (χ3n) is 3.21. The lowest BCUT2D eigenvalue weighted by Gasteiger charge is -2.03. The molecule has 0 bridgehead atoms. The van der Waals surface area contributed by atoms with Crippen LogP contribution in [0.25, 0.3) is 15.3 Å². The zero-order valence-electron chi connectivity index (χ0n) is 11.0. The van der Waals surface area contributed by atoms with E-state index in [0.717, 1.165) is 27.6 Å². The molecule has 3 aromatic rings. The van der Waals surface area contributed by atoms with Crippen LogP contribution in [0.5, 0.6) is 0 Å². The van der Waals surface area contributed by atoms with Gasteiger partial charge in [-0.15, -0.1) is 11.6 Å². The minimum absolute atomic E-state index is 0.0388. The lowest BCUT2D eigenvalue weighted by Crippen LogP contribution is -1.98. The van der Waals surface area contributed by atoms with Gasteiger partial charge in [-0.1, -0.05) is 23.5 Å². The minimum Gasteiger partial charge on any atom is -0.218 e. The highest BCUT2D eigenvalue weighted by Gasteiger charge is 2.18. The number of aryl methyl sites for hydroxylation is 1. The smallest absolute Gasteiger partial charge is 0.211 e. The molecule has 3 rings (SSSR count). The molecular weight excluding hydrogens is 278 g/mol. The number of aromatic nitrogens is 3. The minimum atomic E-state index is -0.0388. The first-order chi connectivity index (χ1) is 9.08. The fraction of sp³-hybridized carbons (Fsp3) is 0.286. The molecule has 0 aliphatic rings. The molecule has 98 valence electrons. The highest BCUT2D eigenvalue weighted by atomic mass is 35.5. The first-order valence-corrected chi connectivity index (χ1v) is 7.39. The number of benzene rings is 1. The van der Waals surface area contributed by atoms with E-state index in [-0.39, 0.29) is 5.38 Å². The van der Waals surface area contributed by atoms with Gasteiger partial charge in [-0.2, -0.15) is 5.10 Å². The molecule has 0 fully saturated rings. The van der Waals surface area contributed by atoms with Gasteiger partial charge in [0.15, 0.2) is 0 Å². The average molecular weight is 292 g/mol. The van der Waals surface area contributed by atoms with E-state index in [1.54, 1.807) is 11.3 Å². The van der Waals surface area contributed by atoms with Crippen molar-refractivity contribution < 1.29 is 0 Å². The van der Waals surface area contributed by atoms with E-state index < -0.39 is 0 Å². The summed E-state index contributed by atoms with van der Waals surface area (Å²) in [5, 5.41) is 5.43. The van der Waals surface area contributed by atoms with Crippen molar-refractivity contribution in [3.05, 3.63) is 41.2 Å². The summed E-state index contributed by atoms with van der Waals surface area (Å²) >= 11 is 7.87. The average Bonchev–Trinajstić information content (AvgIpc) is 2.89. The molecule has 5 heteroatoms. The van der Waals surface area contributed by atoms with Gasteiger partial charge in [0.25, 0.3) is 0 Å². The van der Waals surface area contributed by atoms with Crippen LogP contribution in [0.1, 0.15) is 29.3 Å². The van der Waals surface area contributed by atoms with E-state index >= 15 is 0 Å². The number of rotatable bonds is 2. The van der Waals surface area contributed by atoms with E-state index in [4.69, 9.17) is 11.6 Å². The second-order valence-corrected chi connectivity index (χ2v) is 6.24. The topological polar surface area (TPSA) is 30.7 Å². The molecule has 0 spiro atoms. The molecule has 0 saturated carbocycles. The number of hydrogen-bond donors (Lipinski definition) is 0. The number of alkyl halides is 1. The quantitative estimate of drug-likeness (QED) is 0.655. The van der Waals surface area contributed by atoms with Crippen LogP contribution in [-0.4, -0.2) is 14.8 Å². The third-order valence-corrected chi connectivity index (χ3v) is 4.44. The van der Waals surface area contributed by atoms with E-state index in [9.17, 15) is 0 Å². The van der Waals surface area contributed by atoms with Crippen molar-refractivity contribution in [2.24, 2.45) is 0 Å². The summed E-state index contributed by atoms with van der Waals surface area (Å²) in [6.07, 6.45) is 0. The Morgan fingerprint density at radius 3 is 2.63 bits per heavy atom. The van der Waals surface area contributed by atoms with Crippen molar-refractivity contribution in [2.45, 2.75) is 26.1 Å². The maximum Gasteiger partial charge on any atom is 0.211 e. The summed E-state index contributed by atoms with van der Waals surface area (Å²) in [4.78, 5) is 4.63.